The van der Waals surface area contributed by atoms with Crippen LogP contribution in [0.3, 0.4) is 0 Å². The van der Waals surface area contributed by atoms with E-state index in [-0.39, 0.29) is 0 Å². The number of rotatable bonds is 6. The van der Waals surface area contributed by atoms with E-state index in [4.69, 9.17) is 5.11 Å². The first kappa shape index (κ1) is 13.7. The molecule has 1 rings (SSSR count). The van der Waals surface area contributed by atoms with Gasteiger partial charge in [0, 0.05) is 13.2 Å². The van der Waals surface area contributed by atoms with Crippen LogP contribution in [0.25, 0.3) is 0 Å². The highest BCUT2D eigenvalue weighted by molar-refractivity contribution is 14.1. The molecule has 2 nitrogen and oxygen atoms in total. The van der Waals surface area contributed by atoms with Crippen molar-refractivity contribution in [2.24, 2.45) is 17.8 Å². The molecule has 3 heteroatoms. The average Bonchev–Trinajstić information content (AvgIpc) is 2.27. The Morgan fingerprint density at radius 2 is 1.87 bits per heavy atom. The van der Waals surface area contributed by atoms with Gasteiger partial charge in [0.25, 0.3) is 0 Å². The van der Waals surface area contributed by atoms with E-state index in [1.807, 2.05) is 0 Å². The minimum atomic E-state index is 0.330. The van der Waals surface area contributed by atoms with Crippen molar-refractivity contribution in [3.05, 3.63) is 0 Å². The Labute approximate surface area is 107 Å². The number of aliphatic hydroxyl groups excluding tert-OH is 2. The van der Waals surface area contributed by atoms with Crippen LogP contribution in [-0.4, -0.2) is 27.9 Å². The maximum atomic E-state index is 9.20. The van der Waals surface area contributed by atoms with Gasteiger partial charge in [0.15, 0.2) is 0 Å². The van der Waals surface area contributed by atoms with E-state index >= 15 is 0 Å². The minimum absolute atomic E-state index is 0.330. The van der Waals surface area contributed by atoms with Gasteiger partial charge in [-0.15, -0.1) is 0 Å². The second kappa shape index (κ2) is 7.85. The van der Waals surface area contributed by atoms with Gasteiger partial charge < -0.3 is 10.2 Å². The number of aliphatic hydroxyl groups is 2. The molecule has 15 heavy (non-hydrogen) atoms. The molecule has 1 fully saturated rings. The lowest BCUT2D eigenvalue weighted by atomic mass is 9.71. The van der Waals surface area contributed by atoms with Gasteiger partial charge in [0.05, 0.1) is 0 Å². The lowest BCUT2D eigenvalue weighted by Gasteiger charge is -2.35. The summed E-state index contributed by atoms with van der Waals surface area (Å²) >= 11 is 2.44. The molecule has 0 aromatic rings. The van der Waals surface area contributed by atoms with E-state index in [1.165, 1.54) is 36.5 Å². The Kier molecular flexibility index (Phi) is 7.17. The third-order valence-electron chi connectivity index (χ3n) is 3.72. The van der Waals surface area contributed by atoms with E-state index in [1.54, 1.807) is 0 Å². The van der Waals surface area contributed by atoms with Crippen LogP contribution in [0.2, 0.25) is 0 Å². The molecule has 90 valence electrons. The predicted octanol–water partition coefficient (Wildman–Crippen LogP) is 2.61. The Balaban J connectivity index is 2.39. The van der Waals surface area contributed by atoms with Crippen molar-refractivity contribution >= 4 is 22.6 Å². The van der Waals surface area contributed by atoms with Crippen LogP contribution < -0.4 is 0 Å². The Hall–Kier alpha value is 0.650. The van der Waals surface area contributed by atoms with E-state index in [0.29, 0.717) is 19.1 Å². The summed E-state index contributed by atoms with van der Waals surface area (Å²) in [5, 5.41) is 18.1. The van der Waals surface area contributed by atoms with Crippen molar-refractivity contribution in [2.75, 3.05) is 17.6 Å². The fourth-order valence-corrected chi connectivity index (χ4v) is 3.62. The summed E-state index contributed by atoms with van der Waals surface area (Å²) in [6, 6.07) is 0. The van der Waals surface area contributed by atoms with Crippen molar-refractivity contribution in [3.63, 3.8) is 0 Å². The van der Waals surface area contributed by atoms with Crippen LogP contribution in [0.4, 0.5) is 0 Å². The van der Waals surface area contributed by atoms with Crippen LogP contribution in [-0.2, 0) is 0 Å². The Bertz CT molecular complexity index is 164. The largest absolute Gasteiger partial charge is 0.396 e. The SMILES string of the molecule is OCCCC1CCC(CO)CC1CCI. The summed E-state index contributed by atoms with van der Waals surface area (Å²) in [5.41, 5.74) is 0. The van der Waals surface area contributed by atoms with Crippen LogP contribution in [0.1, 0.15) is 38.5 Å². The molecule has 2 N–H and O–H groups in total. The fourth-order valence-electron chi connectivity index (χ4n) is 2.82. The molecule has 0 aromatic carbocycles. The van der Waals surface area contributed by atoms with Crippen molar-refractivity contribution in [3.8, 4) is 0 Å². The van der Waals surface area contributed by atoms with Crippen LogP contribution in [0.15, 0.2) is 0 Å². The van der Waals surface area contributed by atoms with E-state index in [9.17, 15) is 5.11 Å². The third-order valence-corrected chi connectivity index (χ3v) is 4.34. The maximum absolute atomic E-state index is 9.20. The molecule has 0 heterocycles. The quantitative estimate of drug-likeness (QED) is 0.582. The van der Waals surface area contributed by atoms with Crippen molar-refractivity contribution in [1.82, 2.24) is 0 Å². The van der Waals surface area contributed by atoms with Gasteiger partial charge in [-0.25, -0.2) is 0 Å². The summed E-state index contributed by atoms with van der Waals surface area (Å²) in [4.78, 5) is 0. The molecule has 1 aliphatic carbocycles. The van der Waals surface area contributed by atoms with Gasteiger partial charge in [-0.1, -0.05) is 22.6 Å². The van der Waals surface area contributed by atoms with E-state index in [0.717, 1.165) is 18.3 Å². The first-order chi connectivity index (χ1) is 7.31. The topological polar surface area (TPSA) is 40.5 Å². The van der Waals surface area contributed by atoms with Crippen LogP contribution in [0.5, 0.6) is 0 Å². The molecule has 0 bridgehead atoms. The Morgan fingerprint density at radius 3 is 2.47 bits per heavy atom. The average molecular weight is 326 g/mol. The minimum Gasteiger partial charge on any atom is -0.396 e. The molecule has 0 spiro atoms. The molecule has 1 aliphatic rings. The molecular formula is C12H23IO2. The summed E-state index contributed by atoms with van der Waals surface area (Å²) in [5.74, 6) is 2.14. The molecule has 3 atom stereocenters. The zero-order valence-electron chi connectivity index (χ0n) is 9.37. The molecule has 0 radical (unpaired) electrons. The van der Waals surface area contributed by atoms with Gasteiger partial charge in [-0.2, -0.15) is 0 Å². The monoisotopic (exact) mass is 326 g/mol. The normalized spacial score (nSPS) is 31.8. The highest BCUT2D eigenvalue weighted by atomic mass is 127. The predicted molar refractivity (Wildman–Crippen MR) is 71.2 cm³/mol. The summed E-state index contributed by atoms with van der Waals surface area (Å²) < 4.78 is 1.22. The van der Waals surface area contributed by atoms with Gasteiger partial charge in [-0.05, 0) is 60.7 Å². The van der Waals surface area contributed by atoms with Gasteiger partial charge in [0.1, 0.15) is 0 Å². The highest BCUT2D eigenvalue weighted by Gasteiger charge is 2.29. The zero-order chi connectivity index (χ0) is 11.1. The molecular weight excluding hydrogens is 303 g/mol. The fraction of sp³-hybridized carbons (Fsp3) is 1.00. The zero-order valence-corrected chi connectivity index (χ0v) is 11.5. The molecule has 1 saturated carbocycles. The van der Waals surface area contributed by atoms with E-state index < -0.39 is 0 Å². The smallest absolute Gasteiger partial charge is 0.0459 e. The highest BCUT2D eigenvalue weighted by Crippen LogP contribution is 2.38. The Morgan fingerprint density at radius 1 is 1.07 bits per heavy atom. The maximum Gasteiger partial charge on any atom is 0.0459 e. The molecule has 0 amide bonds. The summed E-state index contributed by atoms with van der Waals surface area (Å²) in [6.45, 7) is 0.696. The van der Waals surface area contributed by atoms with Crippen molar-refractivity contribution in [2.45, 2.75) is 38.5 Å². The number of alkyl halides is 1. The van der Waals surface area contributed by atoms with Gasteiger partial charge in [-0.3, -0.25) is 0 Å². The van der Waals surface area contributed by atoms with Crippen LogP contribution in [0, 0.1) is 17.8 Å². The van der Waals surface area contributed by atoms with Crippen molar-refractivity contribution in [1.29, 1.82) is 0 Å². The third kappa shape index (κ3) is 4.57. The summed E-state index contributed by atoms with van der Waals surface area (Å²) in [6.07, 6.45) is 7.06. The van der Waals surface area contributed by atoms with E-state index in [2.05, 4.69) is 22.6 Å². The molecule has 0 aliphatic heterocycles. The van der Waals surface area contributed by atoms with Gasteiger partial charge in [0.2, 0.25) is 0 Å². The molecule has 0 saturated heterocycles. The lowest BCUT2D eigenvalue weighted by molar-refractivity contribution is 0.110. The van der Waals surface area contributed by atoms with Gasteiger partial charge >= 0.3 is 0 Å². The second-order valence-corrected chi connectivity index (χ2v) is 5.80. The summed E-state index contributed by atoms with van der Waals surface area (Å²) in [7, 11) is 0. The number of halogens is 1. The second-order valence-electron chi connectivity index (χ2n) is 4.73. The molecule has 0 aromatic heterocycles. The standard InChI is InChI=1S/C12H23IO2/c13-6-5-12-8-10(9-15)3-4-11(12)2-1-7-14/h10-12,14-15H,1-9H2. The van der Waals surface area contributed by atoms with Crippen molar-refractivity contribution < 1.29 is 10.2 Å². The molecule has 3 unspecified atom stereocenters. The first-order valence-electron chi connectivity index (χ1n) is 6.09. The lowest BCUT2D eigenvalue weighted by Crippen LogP contribution is -2.27. The first-order valence-corrected chi connectivity index (χ1v) is 7.62. The number of hydrogen-bond acceptors (Lipinski definition) is 2. The van der Waals surface area contributed by atoms with Crippen LogP contribution >= 0.6 is 22.6 Å². The number of hydrogen-bond donors (Lipinski definition) is 2.